The van der Waals surface area contributed by atoms with Crippen molar-refractivity contribution in [2.24, 2.45) is 0 Å². The Balaban J connectivity index is 0.00000162. The van der Waals surface area contributed by atoms with E-state index >= 15 is 0 Å². The molecule has 1 aliphatic rings. The van der Waals surface area contributed by atoms with Crippen molar-refractivity contribution in [3.63, 3.8) is 0 Å². The first kappa shape index (κ1) is 15.8. The van der Waals surface area contributed by atoms with Gasteiger partial charge in [0.2, 0.25) is 5.91 Å². The number of hydrogen-bond donors (Lipinski definition) is 2. The topological polar surface area (TPSA) is 41.1 Å². The maximum Gasteiger partial charge on any atom is 0.240 e. The predicted molar refractivity (Wildman–Crippen MR) is 78.7 cm³/mol. The smallest absolute Gasteiger partial charge is 0.240 e. The molecule has 3 nitrogen and oxygen atoms in total. The summed E-state index contributed by atoms with van der Waals surface area (Å²) in [6.07, 6.45) is 2.84. The lowest BCUT2D eigenvalue weighted by atomic mass is 9.93. The molecule has 1 atom stereocenters. The first-order valence-corrected chi connectivity index (χ1v) is 7.13. The molecule has 0 bridgehead atoms. The summed E-state index contributed by atoms with van der Waals surface area (Å²) in [7, 11) is 0. The third-order valence-corrected chi connectivity index (χ3v) is 4.57. The van der Waals surface area contributed by atoms with Crippen molar-refractivity contribution in [1.82, 2.24) is 10.6 Å². The molecule has 0 aromatic carbocycles. The van der Waals surface area contributed by atoms with Crippen LogP contribution in [0.3, 0.4) is 0 Å². The van der Waals surface area contributed by atoms with Crippen LogP contribution in [0.2, 0.25) is 4.34 Å². The summed E-state index contributed by atoms with van der Waals surface area (Å²) in [5, 5.41) is 6.32. The molecule has 1 aromatic heterocycles. The minimum absolute atomic E-state index is 0. The lowest BCUT2D eigenvalue weighted by Crippen LogP contribution is -2.52. The molecule has 1 aromatic rings. The summed E-state index contributed by atoms with van der Waals surface area (Å²) in [5.41, 5.74) is -0.346. The van der Waals surface area contributed by atoms with Crippen LogP contribution in [0.25, 0.3) is 0 Å². The van der Waals surface area contributed by atoms with Crippen LogP contribution in [0.1, 0.15) is 31.1 Å². The van der Waals surface area contributed by atoms with Crippen LogP contribution in [0.4, 0.5) is 0 Å². The number of rotatable bonds is 4. The van der Waals surface area contributed by atoms with E-state index in [1.165, 1.54) is 11.3 Å². The van der Waals surface area contributed by atoms with Crippen molar-refractivity contribution in [1.29, 1.82) is 0 Å². The van der Waals surface area contributed by atoms with Crippen LogP contribution in [0.5, 0.6) is 0 Å². The Morgan fingerprint density at radius 3 is 2.89 bits per heavy atom. The van der Waals surface area contributed by atoms with Crippen molar-refractivity contribution in [3.8, 4) is 0 Å². The Bertz CT molecular complexity index is 403. The van der Waals surface area contributed by atoms with Gasteiger partial charge in [-0.15, -0.1) is 23.7 Å². The minimum atomic E-state index is -0.346. The zero-order chi connectivity index (χ0) is 12.3. The highest BCUT2D eigenvalue weighted by Gasteiger charge is 2.38. The van der Waals surface area contributed by atoms with Gasteiger partial charge in [-0.2, -0.15) is 0 Å². The first-order valence-electron chi connectivity index (χ1n) is 5.94. The van der Waals surface area contributed by atoms with E-state index in [4.69, 9.17) is 11.6 Å². The summed E-state index contributed by atoms with van der Waals surface area (Å²) in [4.78, 5) is 13.3. The second-order valence-electron chi connectivity index (χ2n) is 4.35. The van der Waals surface area contributed by atoms with E-state index in [1.807, 2.05) is 12.1 Å². The second kappa shape index (κ2) is 6.75. The lowest BCUT2D eigenvalue weighted by molar-refractivity contribution is -0.127. The number of hydrogen-bond acceptors (Lipinski definition) is 3. The predicted octanol–water partition coefficient (Wildman–Crippen LogP) is 2.97. The third kappa shape index (κ3) is 3.38. The number of amides is 1. The van der Waals surface area contributed by atoms with Gasteiger partial charge < -0.3 is 10.6 Å². The zero-order valence-electron chi connectivity index (χ0n) is 10.3. The molecule has 6 heteroatoms. The van der Waals surface area contributed by atoms with E-state index in [2.05, 4.69) is 17.6 Å². The molecule has 102 valence electrons. The molecule has 1 aliphatic heterocycles. The number of thiophene rings is 1. The third-order valence-electron chi connectivity index (χ3n) is 3.33. The van der Waals surface area contributed by atoms with Crippen LogP contribution in [0.15, 0.2) is 12.1 Å². The zero-order valence-corrected chi connectivity index (χ0v) is 12.7. The Kier molecular flexibility index (Phi) is 5.92. The SMILES string of the molecule is CCC1(C(=O)NCc2ccc(Cl)s2)CCCN1.Cl. The molecule has 18 heavy (non-hydrogen) atoms. The molecule has 2 heterocycles. The molecule has 1 amide bonds. The van der Waals surface area contributed by atoms with Crippen LogP contribution in [-0.2, 0) is 11.3 Å². The molecular formula is C12H18Cl2N2OS. The fourth-order valence-electron chi connectivity index (χ4n) is 2.25. The van der Waals surface area contributed by atoms with E-state index in [-0.39, 0.29) is 23.9 Å². The Labute approximate surface area is 123 Å². The van der Waals surface area contributed by atoms with Crippen LogP contribution in [0, 0.1) is 0 Å². The van der Waals surface area contributed by atoms with Crippen LogP contribution < -0.4 is 10.6 Å². The first-order chi connectivity index (χ1) is 8.16. The van der Waals surface area contributed by atoms with E-state index in [0.717, 1.165) is 35.0 Å². The average molecular weight is 309 g/mol. The molecular weight excluding hydrogens is 291 g/mol. The molecule has 0 saturated carbocycles. The van der Waals surface area contributed by atoms with Gasteiger partial charge in [-0.1, -0.05) is 18.5 Å². The van der Waals surface area contributed by atoms with Crippen molar-refractivity contribution < 1.29 is 4.79 Å². The van der Waals surface area contributed by atoms with Crippen LogP contribution in [-0.4, -0.2) is 18.0 Å². The van der Waals surface area contributed by atoms with Gasteiger partial charge in [0.25, 0.3) is 0 Å². The maximum absolute atomic E-state index is 12.2. The standard InChI is InChI=1S/C12H17ClN2OS.ClH/c1-2-12(6-3-7-15-12)11(16)14-8-9-4-5-10(13)17-9;/h4-5,15H,2-3,6-8H2,1H3,(H,14,16);1H. The Morgan fingerprint density at radius 1 is 1.61 bits per heavy atom. The second-order valence-corrected chi connectivity index (χ2v) is 6.15. The number of nitrogens with one attached hydrogen (secondary N) is 2. The molecule has 0 spiro atoms. The largest absolute Gasteiger partial charge is 0.350 e. The fraction of sp³-hybridized carbons (Fsp3) is 0.583. The van der Waals surface area contributed by atoms with Crippen LogP contribution >= 0.6 is 35.3 Å². The molecule has 1 fully saturated rings. The van der Waals surface area contributed by atoms with Crippen molar-refractivity contribution in [2.45, 2.75) is 38.3 Å². The summed E-state index contributed by atoms with van der Waals surface area (Å²) < 4.78 is 0.762. The molecule has 2 N–H and O–H groups in total. The van der Waals surface area contributed by atoms with Gasteiger partial charge >= 0.3 is 0 Å². The van der Waals surface area contributed by atoms with Gasteiger partial charge in [-0.25, -0.2) is 0 Å². The lowest BCUT2D eigenvalue weighted by Gasteiger charge is -2.26. The van der Waals surface area contributed by atoms with E-state index in [1.54, 1.807) is 0 Å². The van der Waals surface area contributed by atoms with E-state index in [0.29, 0.717) is 6.54 Å². The normalized spacial score (nSPS) is 22.6. The Hall–Kier alpha value is -0.290. The fourth-order valence-corrected chi connectivity index (χ4v) is 3.27. The highest BCUT2D eigenvalue weighted by molar-refractivity contribution is 7.16. The Morgan fingerprint density at radius 2 is 2.39 bits per heavy atom. The van der Waals surface area contributed by atoms with Gasteiger partial charge in [0.05, 0.1) is 16.4 Å². The summed E-state index contributed by atoms with van der Waals surface area (Å²) in [6, 6.07) is 3.81. The number of carbonyl (C=O) groups excluding carboxylic acids is 1. The average Bonchev–Trinajstić information content (AvgIpc) is 2.95. The van der Waals surface area contributed by atoms with Gasteiger partial charge in [0.15, 0.2) is 0 Å². The maximum atomic E-state index is 12.2. The quantitative estimate of drug-likeness (QED) is 0.898. The number of halogens is 2. The molecule has 2 rings (SSSR count). The van der Waals surface area contributed by atoms with Gasteiger partial charge in [0.1, 0.15) is 0 Å². The highest BCUT2D eigenvalue weighted by Crippen LogP contribution is 2.24. The summed E-state index contributed by atoms with van der Waals surface area (Å²) in [5.74, 6) is 0.113. The summed E-state index contributed by atoms with van der Waals surface area (Å²) >= 11 is 7.36. The molecule has 0 radical (unpaired) electrons. The van der Waals surface area contributed by atoms with Gasteiger partial charge in [-0.05, 0) is 37.9 Å². The van der Waals surface area contributed by atoms with E-state index < -0.39 is 0 Å². The van der Waals surface area contributed by atoms with Crippen molar-refractivity contribution in [2.75, 3.05) is 6.54 Å². The number of carbonyl (C=O) groups is 1. The van der Waals surface area contributed by atoms with Crippen molar-refractivity contribution >= 4 is 41.3 Å². The van der Waals surface area contributed by atoms with Crippen molar-refractivity contribution in [3.05, 3.63) is 21.3 Å². The molecule has 1 saturated heterocycles. The molecule has 0 aliphatic carbocycles. The monoisotopic (exact) mass is 308 g/mol. The van der Waals surface area contributed by atoms with Gasteiger partial charge in [0, 0.05) is 4.88 Å². The minimum Gasteiger partial charge on any atom is -0.350 e. The highest BCUT2D eigenvalue weighted by atomic mass is 35.5. The van der Waals surface area contributed by atoms with Gasteiger partial charge in [-0.3, -0.25) is 4.79 Å². The summed E-state index contributed by atoms with van der Waals surface area (Å²) in [6.45, 7) is 3.56. The molecule has 1 unspecified atom stereocenters. The van der Waals surface area contributed by atoms with E-state index in [9.17, 15) is 4.79 Å².